The zero-order chi connectivity index (χ0) is 14.2. The van der Waals surface area contributed by atoms with E-state index in [-0.39, 0.29) is 11.9 Å². The average Bonchev–Trinajstić information content (AvgIpc) is 3.17. The molecule has 1 saturated heterocycles. The van der Waals surface area contributed by atoms with Crippen LogP contribution in [0.1, 0.15) is 43.4 Å². The quantitative estimate of drug-likeness (QED) is 0.785. The third-order valence-corrected chi connectivity index (χ3v) is 8.09. The van der Waals surface area contributed by atoms with E-state index in [0.717, 1.165) is 17.7 Å². The first kappa shape index (κ1) is 14.8. The van der Waals surface area contributed by atoms with Gasteiger partial charge in [0, 0.05) is 17.5 Å². The molecule has 0 radical (unpaired) electrons. The van der Waals surface area contributed by atoms with Gasteiger partial charge in [0.25, 0.3) is 0 Å². The fourth-order valence-electron chi connectivity index (χ4n) is 3.66. The Morgan fingerprint density at radius 2 is 2.00 bits per heavy atom. The molecule has 0 spiro atoms. The lowest BCUT2D eigenvalue weighted by atomic mass is 9.97. The molecule has 3 nitrogen and oxygen atoms in total. The number of halogens is 1. The van der Waals surface area contributed by atoms with Gasteiger partial charge in [0.1, 0.15) is 0 Å². The zero-order valence-corrected chi connectivity index (χ0v) is 13.8. The van der Waals surface area contributed by atoms with Gasteiger partial charge in [0.2, 0.25) is 10.0 Å². The molecular formula is C14H20ClNO2S2. The monoisotopic (exact) mass is 333 g/mol. The summed E-state index contributed by atoms with van der Waals surface area (Å²) in [5.74, 6) is 0.833. The maximum Gasteiger partial charge on any atom is 0.244 e. The van der Waals surface area contributed by atoms with Gasteiger partial charge in [-0.3, -0.25) is 0 Å². The van der Waals surface area contributed by atoms with Crippen LogP contribution in [0.4, 0.5) is 0 Å². The highest BCUT2D eigenvalue weighted by atomic mass is 35.5. The van der Waals surface area contributed by atoms with Crippen molar-refractivity contribution in [3.63, 3.8) is 0 Å². The number of rotatable bonds is 4. The highest BCUT2D eigenvalue weighted by Crippen LogP contribution is 2.39. The van der Waals surface area contributed by atoms with Crippen molar-refractivity contribution in [2.45, 2.75) is 55.3 Å². The van der Waals surface area contributed by atoms with Crippen LogP contribution in [0, 0.1) is 5.92 Å². The lowest BCUT2D eigenvalue weighted by Crippen LogP contribution is -2.39. The average molecular weight is 334 g/mol. The molecule has 0 N–H and O–H groups in total. The number of sulfonamides is 1. The predicted molar refractivity (Wildman–Crippen MR) is 82.7 cm³/mol. The van der Waals surface area contributed by atoms with Crippen molar-refractivity contribution >= 4 is 33.0 Å². The molecule has 2 aliphatic rings. The summed E-state index contributed by atoms with van der Waals surface area (Å²) < 4.78 is 27.6. The minimum atomic E-state index is -3.37. The molecule has 0 aromatic carbocycles. The second-order valence-electron chi connectivity index (χ2n) is 5.71. The number of thiophene rings is 1. The molecule has 6 heteroatoms. The molecule has 2 heterocycles. The van der Waals surface area contributed by atoms with Gasteiger partial charge in [0.15, 0.2) is 0 Å². The van der Waals surface area contributed by atoms with Crippen LogP contribution < -0.4 is 0 Å². The fourth-order valence-corrected chi connectivity index (χ4v) is 7.09. The summed E-state index contributed by atoms with van der Waals surface area (Å²) in [7, 11) is -3.37. The van der Waals surface area contributed by atoms with Gasteiger partial charge in [-0.15, -0.1) is 22.9 Å². The lowest BCUT2D eigenvalue weighted by Gasteiger charge is -2.28. The first-order valence-corrected chi connectivity index (χ1v) is 10.1. The Bertz CT molecular complexity index is 563. The van der Waals surface area contributed by atoms with Gasteiger partial charge in [-0.1, -0.05) is 12.8 Å². The first-order valence-electron chi connectivity index (χ1n) is 7.29. The fraction of sp³-hybridized carbons (Fsp3) is 0.714. The SMILES string of the molecule is O=S(=O)(c1ccsc1CCl)N1CCCC1C1CCCC1. The number of alkyl halides is 1. The Balaban J connectivity index is 1.90. The summed E-state index contributed by atoms with van der Waals surface area (Å²) in [6.07, 6.45) is 6.87. The van der Waals surface area contributed by atoms with Crippen molar-refractivity contribution in [2.24, 2.45) is 5.92 Å². The Morgan fingerprint density at radius 3 is 2.70 bits per heavy atom. The molecule has 1 aromatic rings. The van der Waals surface area contributed by atoms with Crippen LogP contribution in [0.2, 0.25) is 0 Å². The van der Waals surface area contributed by atoms with Crippen LogP contribution in [-0.4, -0.2) is 25.3 Å². The van der Waals surface area contributed by atoms with Crippen molar-refractivity contribution in [3.05, 3.63) is 16.3 Å². The largest absolute Gasteiger partial charge is 0.244 e. The molecule has 1 aromatic heterocycles. The third-order valence-electron chi connectivity index (χ3n) is 4.60. The standard InChI is InChI=1S/C14H20ClNO2S2/c15-10-13-14(7-9-19-13)20(17,18)16-8-3-6-12(16)11-4-1-2-5-11/h7,9,11-12H,1-6,8,10H2. The van der Waals surface area contributed by atoms with Gasteiger partial charge in [-0.05, 0) is 43.0 Å². The van der Waals surface area contributed by atoms with Crippen molar-refractivity contribution < 1.29 is 8.42 Å². The topological polar surface area (TPSA) is 37.4 Å². The van der Waals surface area contributed by atoms with E-state index in [1.54, 1.807) is 10.4 Å². The van der Waals surface area contributed by atoms with E-state index in [0.29, 0.717) is 17.4 Å². The van der Waals surface area contributed by atoms with Crippen LogP contribution in [0.15, 0.2) is 16.3 Å². The van der Waals surface area contributed by atoms with Crippen LogP contribution in [0.3, 0.4) is 0 Å². The van der Waals surface area contributed by atoms with Crippen molar-refractivity contribution in [1.82, 2.24) is 4.31 Å². The van der Waals surface area contributed by atoms with Crippen LogP contribution in [-0.2, 0) is 15.9 Å². The smallest absolute Gasteiger partial charge is 0.207 e. The maximum atomic E-state index is 12.9. The summed E-state index contributed by atoms with van der Waals surface area (Å²) >= 11 is 7.31. The van der Waals surface area contributed by atoms with Crippen LogP contribution >= 0.6 is 22.9 Å². The highest BCUT2D eigenvalue weighted by Gasteiger charge is 2.41. The van der Waals surface area contributed by atoms with Gasteiger partial charge < -0.3 is 0 Å². The Kier molecular flexibility index (Phi) is 4.41. The molecule has 0 amide bonds. The molecule has 2 fully saturated rings. The first-order chi connectivity index (χ1) is 9.64. The number of hydrogen-bond acceptors (Lipinski definition) is 3. The van der Waals surface area contributed by atoms with Crippen LogP contribution in [0.25, 0.3) is 0 Å². The normalized spacial score (nSPS) is 25.6. The Labute approximate surface area is 130 Å². The maximum absolute atomic E-state index is 12.9. The summed E-state index contributed by atoms with van der Waals surface area (Å²) in [5.41, 5.74) is 0. The molecule has 1 aliphatic carbocycles. The summed E-state index contributed by atoms with van der Waals surface area (Å²) in [6.45, 7) is 0.668. The Morgan fingerprint density at radius 1 is 1.25 bits per heavy atom. The molecular weight excluding hydrogens is 314 g/mol. The zero-order valence-electron chi connectivity index (χ0n) is 11.4. The molecule has 1 unspecified atom stereocenters. The third kappa shape index (κ3) is 2.54. The van der Waals surface area contributed by atoms with Crippen molar-refractivity contribution in [2.75, 3.05) is 6.54 Å². The highest BCUT2D eigenvalue weighted by molar-refractivity contribution is 7.89. The van der Waals surface area contributed by atoms with E-state index in [2.05, 4.69) is 0 Å². The van der Waals surface area contributed by atoms with E-state index in [1.165, 1.54) is 37.0 Å². The van der Waals surface area contributed by atoms with E-state index in [4.69, 9.17) is 11.6 Å². The molecule has 1 atom stereocenters. The summed E-state index contributed by atoms with van der Waals surface area (Å²) in [6, 6.07) is 1.92. The molecule has 20 heavy (non-hydrogen) atoms. The van der Waals surface area contributed by atoms with E-state index in [9.17, 15) is 8.42 Å². The molecule has 3 rings (SSSR count). The number of nitrogens with zero attached hydrogens (tertiary/aromatic N) is 1. The summed E-state index contributed by atoms with van der Waals surface area (Å²) in [5, 5.41) is 1.82. The van der Waals surface area contributed by atoms with E-state index < -0.39 is 10.0 Å². The van der Waals surface area contributed by atoms with Crippen molar-refractivity contribution in [1.29, 1.82) is 0 Å². The van der Waals surface area contributed by atoms with Gasteiger partial charge in [-0.2, -0.15) is 4.31 Å². The van der Waals surface area contributed by atoms with Crippen molar-refractivity contribution in [3.8, 4) is 0 Å². The molecule has 112 valence electrons. The molecule has 0 bridgehead atoms. The summed E-state index contributed by atoms with van der Waals surface area (Å²) in [4.78, 5) is 1.20. The lowest BCUT2D eigenvalue weighted by molar-refractivity contribution is 0.288. The van der Waals surface area contributed by atoms with Gasteiger partial charge >= 0.3 is 0 Å². The van der Waals surface area contributed by atoms with Gasteiger partial charge in [-0.25, -0.2) is 8.42 Å². The Hall–Kier alpha value is -0.100. The molecule has 1 saturated carbocycles. The second kappa shape index (κ2) is 5.95. The van der Waals surface area contributed by atoms with E-state index >= 15 is 0 Å². The van der Waals surface area contributed by atoms with E-state index in [1.807, 2.05) is 5.38 Å². The van der Waals surface area contributed by atoms with Crippen LogP contribution in [0.5, 0.6) is 0 Å². The predicted octanol–water partition coefficient (Wildman–Crippen LogP) is 3.83. The second-order valence-corrected chi connectivity index (χ2v) is 8.84. The number of hydrogen-bond donors (Lipinski definition) is 0. The minimum absolute atomic E-state index is 0.213. The molecule has 1 aliphatic heterocycles. The van der Waals surface area contributed by atoms with Gasteiger partial charge in [0.05, 0.1) is 10.8 Å². The minimum Gasteiger partial charge on any atom is -0.207 e.